The third kappa shape index (κ3) is 2.76. The highest BCUT2D eigenvalue weighted by Gasteiger charge is 2.29. The van der Waals surface area contributed by atoms with Crippen LogP contribution in [0.2, 0.25) is 0 Å². The second-order valence-corrected chi connectivity index (χ2v) is 6.10. The zero-order valence-corrected chi connectivity index (χ0v) is 13.2. The molecule has 1 amide bonds. The topological polar surface area (TPSA) is 71.2 Å². The number of hydrogen-bond acceptors (Lipinski definition) is 4. The second-order valence-electron chi connectivity index (χ2n) is 6.10. The van der Waals surface area contributed by atoms with Gasteiger partial charge in [-0.25, -0.2) is 9.97 Å². The summed E-state index contributed by atoms with van der Waals surface area (Å²) >= 11 is 0. The Balaban J connectivity index is 1.51. The van der Waals surface area contributed by atoms with Crippen molar-refractivity contribution in [2.75, 3.05) is 13.1 Å². The average molecular weight is 322 g/mol. The number of carbonyl (C=O) groups is 1. The lowest BCUT2D eigenvalue weighted by atomic mass is 10.1. The van der Waals surface area contributed by atoms with Crippen molar-refractivity contribution in [2.45, 2.75) is 19.1 Å². The number of carbonyl (C=O) groups excluding carboxylic acids is 1. The third-order valence-electron chi connectivity index (χ3n) is 4.34. The first kappa shape index (κ1) is 14.8. The van der Waals surface area contributed by atoms with E-state index < -0.39 is 6.10 Å². The number of aromatic nitrogens is 3. The van der Waals surface area contributed by atoms with E-state index in [1.54, 1.807) is 23.5 Å². The number of fused-ring (bicyclic) bond motifs is 1. The monoisotopic (exact) mass is 322 g/mol. The third-order valence-corrected chi connectivity index (χ3v) is 4.34. The maximum atomic E-state index is 12.3. The molecule has 0 atom stereocenters. The van der Waals surface area contributed by atoms with Gasteiger partial charge >= 0.3 is 0 Å². The molecule has 4 rings (SSSR count). The summed E-state index contributed by atoms with van der Waals surface area (Å²) in [6.07, 6.45) is 3.86. The molecule has 1 fully saturated rings. The Labute approximate surface area is 139 Å². The second kappa shape index (κ2) is 6.05. The molecule has 0 aliphatic carbocycles. The van der Waals surface area contributed by atoms with E-state index in [-0.39, 0.29) is 5.91 Å². The molecule has 1 aliphatic rings. The fourth-order valence-electron chi connectivity index (χ4n) is 2.93. The minimum absolute atomic E-state index is 0.103. The van der Waals surface area contributed by atoms with Gasteiger partial charge in [0.15, 0.2) is 5.65 Å². The predicted octanol–water partition coefficient (Wildman–Crippen LogP) is 1.49. The summed E-state index contributed by atoms with van der Waals surface area (Å²) in [5.41, 5.74) is 3.28. The molecule has 24 heavy (non-hydrogen) atoms. The zero-order chi connectivity index (χ0) is 16.5. The number of imidazole rings is 1. The summed E-state index contributed by atoms with van der Waals surface area (Å²) in [4.78, 5) is 22.7. The van der Waals surface area contributed by atoms with Crippen LogP contribution in [0.1, 0.15) is 15.9 Å². The first-order valence-electron chi connectivity index (χ1n) is 8.03. The number of aliphatic hydroxyl groups excluding tert-OH is 1. The summed E-state index contributed by atoms with van der Waals surface area (Å²) in [6.45, 7) is 1.57. The van der Waals surface area contributed by atoms with E-state index in [0.29, 0.717) is 18.7 Å². The van der Waals surface area contributed by atoms with Gasteiger partial charge in [-0.05, 0) is 18.1 Å². The number of rotatable bonds is 4. The number of likely N-dealkylation sites (tertiary alicyclic amines) is 1. The van der Waals surface area contributed by atoms with E-state index in [4.69, 9.17) is 0 Å². The van der Waals surface area contributed by atoms with Crippen LogP contribution in [0.25, 0.3) is 11.2 Å². The molecule has 0 saturated carbocycles. The van der Waals surface area contributed by atoms with Gasteiger partial charge < -0.3 is 14.6 Å². The Morgan fingerprint density at radius 3 is 2.75 bits per heavy atom. The van der Waals surface area contributed by atoms with Crippen molar-refractivity contribution in [3.05, 3.63) is 60.0 Å². The summed E-state index contributed by atoms with van der Waals surface area (Å²) < 4.78 is 2.00. The van der Waals surface area contributed by atoms with Crippen molar-refractivity contribution >= 4 is 17.1 Å². The minimum Gasteiger partial charge on any atom is -0.389 e. The number of aryl methyl sites for hydroxylation is 2. The van der Waals surface area contributed by atoms with E-state index in [1.807, 2.05) is 22.8 Å². The average Bonchev–Trinajstić information content (AvgIpc) is 3.00. The highest BCUT2D eigenvalue weighted by Crippen LogP contribution is 2.17. The molecular formula is C18H18N4O2. The standard InChI is InChI=1S/C18H18N4O2/c23-15-10-22(11-15)18(24)14-8-16-17(19-9-14)21(12-20-16)7-6-13-4-2-1-3-5-13/h1-5,8-9,12,15,23H,6-7,10-11H2. The molecule has 0 bridgehead atoms. The maximum absolute atomic E-state index is 12.3. The van der Waals surface area contributed by atoms with E-state index in [1.165, 1.54) is 5.56 Å². The van der Waals surface area contributed by atoms with Crippen LogP contribution in [0.4, 0.5) is 0 Å². The molecule has 0 unspecified atom stereocenters. The van der Waals surface area contributed by atoms with Crippen molar-refractivity contribution < 1.29 is 9.90 Å². The smallest absolute Gasteiger partial charge is 0.255 e. The van der Waals surface area contributed by atoms with Crippen LogP contribution in [-0.2, 0) is 13.0 Å². The molecule has 6 heteroatoms. The summed E-state index contributed by atoms with van der Waals surface area (Å²) in [6, 6.07) is 12.0. The Morgan fingerprint density at radius 1 is 1.21 bits per heavy atom. The van der Waals surface area contributed by atoms with Crippen LogP contribution < -0.4 is 0 Å². The molecule has 2 aromatic heterocycles. The normalized spacial score (nSPS) is 14.8. The molecule has 3 heterocycles. The van der Waals surface area contributed by atoms with E-state index in [0.717, 1.165) is 24.1 Å². The van der Waals surface area contributed by atoms with Crippen LogP contribution in [0.3, 0.4) is 0 Å². The fourth-order valence-corrected chi connectivity index (χ4v) is 2.93. The number of pyridine rings is 1. The van der Waals surface area contributed by atoms with Gasteiger partial charge in [-0.1, -0.05) is 30.3 Å². The van der Waals surface area contributed by atoms with Crippen LogP contribution in [0.15, 0.2) is 48.9 Å². The highest BCUT2D eigenvalue weighted by molar-refractivity contribution is 5.96. The van der Waals surface area contributed by atoms with Gasteiger partial charge in [-0.2, -0.15) is 0 Å². The van der Waals surface area contributed by atoms with Crippen molar-refractivity contribution in [1.29, 1.82) is 0 Å². The Bertz CT molecular complexity index is 869. The predicted molar refractivity (Wildman–Crippen MR) is 89.6 cm³/mol. The van der Waals surface area contributed by atoms with Gasteiger partial charge in [-0.15, -0.1) is 0 Å². The van der Waals surface area contributed by atoms with Crippen molar-refractivity contribution in [3.8, 4) is 0 Å². The van der Waals surface area contributed by atoms with Crippen LogP contribution in [-0.4, -0.2) is 49.6 Å². The zero-order valence-electron chi connectivity index (χ0n) is 13.2. The molecule has 1 aliphatic heterocycles. The number of benzene rings is 1. The summed E-state index contributed by atoms with van der Waals surface area (Å²) in [5, 5.41) is 9.32. The molecule has 6 nitrogen and oxygen atoms in total. The molecule has 3 aromatic rings. The molecule has 0 radical (unpaired) electrons. The lowest BCUT2D eigenvalue weighted by Crippen LogP contribution is -2.53. The lowest BCUT2D eigenvalue weighted by Gasteiger charge is -2.35. The van der Waals surface area contributed by atoms with Gasteiger partial charge in [0, 0.05) is 25.8 Å². The largest absolute Gasteiger partial charge is 0.389 e. The SMILES string of the molecule is O=C(c1cnc2c(c1)ncn2CCc1ccccc1)N1CC(O)C1. The Hall–Kier alpha value is -2.73. The lowest BCUT2D eigenvalue weighted by molar-refractivity contribution is 0.00588. The highest BCUT2D eigenvalue weighted by atomic mass is 16.3. The number of nitrogens with zero attached hydrogens (tertiary/aromatic N) is 4. The van der Waals surface area contributed by atoms with Gasteiger partial charge in [0.2, 0.25) is 0 Å². The molecule has 122 valence electrons. The molecule has 1 N–H and O–H groups in total. The van der Waals surface area contributed by atoms with E-state index in [2.05, 4.69) is 22.1 Å². The number of hydrogen-bond donors (Lipinski definition) is 1. The van der Waals surface area contributed by atoms with Crippen molar-refractivity contribution in [2.24, 2.45) is 0 Å². The van der Waals surface area contributed by atoms with Gasteiger partial charge in [0.05, 0.1) is 18.0 Å². The quantitative estimate of drug-likeness (QED) is 0.790. The van der Waals surface area contributed by atoms with Crippen molar-refractivity contribution in [3.63, 3.8) is 0 Å². The number of aliphatic hydroxyl groups is 1. The molecule has 1 saturated heterocycles. The van der Waals surface area contributed by atoms with E-state index in [9.17, 15) is 9.90 Å². The molecule has 1 aromatic carbocycles. The fraction of sp³-hybridized carbons (Fsp3) is 0.278. The summed E-state index contributed by atoms with van der Waals surface area (Å²) in [7, 11) is 0. The molecule has 0 spiro atoms. The Morgan fingerprint density at radius 2 is 2.00 bits per heavy atom. The van der Waals surface area contributed by atoms with Crippen molar-refractivity contribution in [1.82, 2.24) is 19.4 Å². The van der Waals surface area contributed by atoms with Gasteiger partial charge in [0.25, 0.3) is 5.91 Å². The summed E-state index contributed by atoms with van der Waals surface area (Å²) in [5.74, 6) is -0.103. The van der Waals surface area contributed by atoms with Crippen LogP contribution >= 0.6 is 0 Å². The Kier molecular flexibility index (Phi) is 3.74. The first-order valence-corrected chi connectivity index (χ1v) is 8.03. The van der Waals surface area contributed by atoms with Crippen LogP contribution in [0, 0.1) is 0 Å². The van der Waals surface area contributed by atoms with Gasteiger partial charge in [-0.3, -0.25) is 4.79 Å². The van der Waals surface area contributed by atoms with Crippen LogP contribution in [0.5, 0.6) is 0 Å². The van der Waals surface area contributed by atoms with E-state index >= 15 is 0 Å². The minimum atomic E-state index is -0.400. The first-order chi connectivity index (χ1) is 11.7. The van der Waals surface area contributed by atoms with Gasteiger partial charge in [0.1, 0.15) is 5.52 Å². The number of amides is 1. The maximum Gasteiger partial charge on any atom is 0.255 e. The molecular weight excluding hydrogens is 304 g/mol. The number of β-amino-alcohol motifs (C(OH)–C–C–N with tert-alkyl or cyclic N) is 1.